The van der Waals surface area contributed by atoms with Crippen LogP contribution in [0.15, 0.2) is 17.4 Å². The van der Waals surface area contributed by atoms with E-state index in [4.69, 9.17) is 10.9 Å². The Morgan fingerprint density at radius 1 is 1.56 bits per heavy atom. The molecular formula is C12H19N5O. The molecule has 1 fully saturated rings. The van der Waals surface area contributed by atoms with E-state index in [1.165, 1.54) is 25.7 Å². The van der Waals surface area contributed by atoms with E-state index in [-0.39, 0.29) is 5.84 Å². The summed E-state index contributed by atoms with van der Waals surface area (Å²) in [6, 6.07) is 1.71. The third-order valence-electron chi connectivity index (χ3n) is 3.45. The monoisotopic (exact) mass is 249 g/mol. The summed E-state index contributed by atoms with van der Waals surface area (Å²) in [5, 5.41) is 19.8. The van der Waals surface area contributed by atoms with Crippen molar-refractivity contribution in [1.82, 2.24) is 10.2 Å². The number of anilines is 1. The van der Waals surface area contributed by atoms with Crippen LogP contribution in [0.4, 0.5) is 5.82 Å². The summed E-state index contributed by atoms with van der Waals surface area (Å²) < 4.78 is 0. The van der Waals surface area contributed by atoms with Crippen molar-refractivity contribution in [3.63, 3.8) is 0 Å². The number of nitrogens with two attached hydrogens (primary N) is 1. The lowest BCUT2D eigenvalue weighted by molar-refractivity contribution is 0.318. The van der Waals surface area contributed by atoms with E-state index < -0.39 is 0 Å². The molecule has 0 atom stereocenters. The predicted octanol–water partition coefficient (Wildman–Crippen LogP) is 1.20. The lowest BCUT2D eigenvalue weighted by atomic mass is 10.1. The van der Waals surface area contributed by atoms with Crippen molar-refractivity contribution in [2.75, 3.05) is 18.5 Å². The van der Waals surface area contributed by atoms with E-state index in [0.717, 1.165) is 6.54 Å². The van der Waals surface area contributed by atoms with Gasteiger partial charge in [-0.3, -0.25) is 0 Å². The maximum absolute atomic E-state index is 8.77. The van der Waals surface area contributed by atoms with Gasteiger partial charge in [-0.25, -0.2) is 0 Å². The molecule has 0 bridgehead atoms. The molecule has 3 N–H and O–H groups in total. The first-order valence-electron chi connectivity index (χ1n) is 6.23. The van der Waals surface area contributed by atoms with Crippen molar-refractivity contribution < 1.29 is 5.21 Å². The molecule has 98 valence electrons. The van der Waals surface area contributed by atoms with Crippen molar-refractivity contribution in [3.05, 3.63) is 17.8 Å². The van der Waals surface area contributed by atoms with Crippen LogP contribution in [0.25, 0.3) is 0 Å². The van der Waals surface area contributed by atoms with Crippen LogP contribution in [0, 0.1) is 5.92 Å². The van der Waals surface area contributed by atoms with Gasteiger partial charge < -0.3 is 15.8 Å². The summed E-state index contributed by atoms with van der Waals surface area (Å²) in [5.74, 6) is 1.44. The lowest BCUT2D eigenvalue weighted by Crippen LogP contribution is -2.28. The first-order chi connectivity index (χ1) is 8.72. The minimum Gasteiger partial charge on any atom is -0.409 e. The summed E-state index contributed by atoms with van der Waals surface area (Å²) in [6.45, 7) is 0.935. The molecule has 1 saturated carbocycles. The highest BCUT2D eigenvalue weighted by Crippen LogP contribution is 2.27. The fourth-order valence-electron chi connectivity index (χ4n) is 2.53. The number of hydrogen-bond donors (Lipinski definition) is 2. The molecule has 2 rings (SSSR count). The van der Waals surface area contributed by atoms with Gasteiger partial charge in [-0.15, -0.1) is 5.10 Å². The van der Waals surface area contributed by atoms with E-state index in [1.54, 1.807) is 12.3 Å². The largest absolute Gasteiger partial charge is 0.409 e. The van der Waals surface area contributed by atoms with E-state index in [2.05, 4.69) is 15.4 Å². The molecule has 18 heavy (non-hydrogen) atoms. The Hall–Kier alpha value is -1.85. The smallest absolute Gasteiger partial charge is 0.173 e. The van der Waals surface area contributed by atoms with Crippen LogP contribution in [0.2, 0.25) is 0 Å². The predicted molar refractivity (Wildman–Crippen MR) is 69.8 cm³/mol. The van der Waals surface area contributed by atoms with Crippen LogP contribution in [0.1, 0.15) is 31.2 Å². The number of amidine groups is 1. The molecule has 6 heteroatoms. The molecule has 0 saturated heterocycles. The zero-order valence-electron chi connectivity index (χ0n) is 10.6. The molecule has 1 heterocycles. The second kappa shape index (κ2) is 5.66. The maximum atomic E-state index is 8.77. The van der Waals surface area contributed by atoms with Crippen LogP contribution in [-0.2, 0) is 0 Å². The zero-order chi connectivity index (χ0) is 13.0. The molecule has 1 aromatic rings. The van der Waals surface area contributed by atoms with Crippen molar-refractivity contribution in [2.45, 2.75) is 25.7 Å². The van der Waals surface area contributed by atoms with Gasteiger partial charge in [0.25, 0.3) is 0 Å². The number of nitrogens with zero attached hydrogens (tertiary/aromatic N) is 4. The number of hydrogen-bond acceptors (Lipinski definition) is 5. The topological polar surface area (TPSA) is 87.6 Å². The van der Waals surface area contributed by atoms with Gasteiger partial charge in [-0.1, -0.05) is 18.0 Å². The molecule has 0 unspecified atom stereocenters. The van der Waals surface area contributed by atoms with Gasteiger partial charge in [-0.2, -0.15) is 5.10 Å². The number of rotatable bonds is 4. The van der Waals surface area contributed by atoms with Gasteiger partial charge in [0, 0.05) is 13.6 Å². The summed E-state index contributed by atoms with van der Waals surface area (Å²) in [4.78, 5) is 2.04. The summed E-state index contributed by atoms with van der Waals surface area (Å²) >= 11 is 0. The molecule has 0 spiro atoms. The van der Waals surface area contributed by atoms with E-state index in [1.807, 2.05) is 11.9 Å². The van der Waals surface area contributed by atoms with Gasteiger partial charge in [0.15, 0.2) is 11.7 Å². The van der Waals surface area contributed by atoms with Crippen molar-refractivity contribution in [2.24, 2.45) is 16.8 Å². The number of aromatic nitrogens is 2. The van der Waals surface area contributed by atoms with E-state index in [9.17, 15) is 0 Å². The zero-order valence-corrected chi connectivity index (χ0v) is 10.6. The first-order valence-corrected chi connectivity index (χ1v) is 6.23. The third kappa shape index (κ3) is 2.69. The summed E-state index contributed by atoms with van der Waals surface area (Å²) in [7, 11) is 1.97. The molecule has 6 nitrogen and oxygen atoms in total. The average Bonchev–Trinajstić information content (AvgIpc) is 2.90. The van der Waals surface area contributed by atoms with Gasteiger partial charge in [0.2, 0.25) is 0 Å². The van der Waals surface area contributed by atoms with Crippen LogP contribution in [0.5, 0.6) is 0 Å². The molecular weight excluding hydrogens is 230 g/mol. The highest BCUT2D eigenvalue weighted by atomic mass is 16.4. The fraction of sp³-hybridized carbons (Fsp3) is 0.583. The highest BCUT2D eigenvalue weighted by Gasteiger charge is 2.20. The van der Waals surface area contributed by atoms with Crippen molar-refractivity contribution in [3.8, 4) is 0 Å². The normalized spacial score (nSPS) is 17.1. The lowest BCUT2D eigenvalue weighted by Gasteiger charge is -2.23. The standard InChI is InChI=1S/C12H19N5O/c1-17(8-9-4-2-3-5-9)12-10(11(13)16-18)6-7-14-15-12/h6-7,9,18H,2-5,8H2,1H3,(H2,13,16). The number of oxime groups is 1. The Labute approximate surface area is 106 Å². The summed E-state index contributed by atoms with van der Waals surface area (Å²) in [6.07, 6.45) is 6.70. The van der Waals surface area contributed by atoms with Crippen LogP contribution < -0.4 is 10.6 Å². The second-order valence-corrected chi connectivity index (χ2v) is 4.78. The SMILES string of the molecule is CN(CC1CCCC1)c1nnccc1/C(N)=N/O. The van der Waals surface area contributed by atoms with Gasteiger partial charge in [0.1, 0.15) is 0 Å². The molecule has 1 aliphatic rings. The quantitative estimate of drug-likeness (QED) is 0.362. The average molecular weight is 249 g/mol. The van der Waals surface area contributed by atoms with E-state index in [0.29, 0.717) is 17.3 Å². The van der Waals surface area contributed by atoms with Crippen molar-refractivity contribution in [1.29, 1.82) is 0 Å². The minimum absolute atomic E-state index is 0.0678. The second-order valence-electron chi connectivity index (χ2n) is 4.78. The fourth-order valence-corrected chi connectivity index (χ4v) is 2.53. The molecule has 0 aliphatic heterocycles. The van der Waals surface area contributed by atoms with Gasteiger partial charge in [0.05, 0.1) is 11.8 Å². The Morgan fingerprint density at radius 2 is 2.28 bits per heavy atom. The highest BCUT2D eigenvalue weighted by molar-refractivity contribution is 6.01. The minimum atomic E-state index is 0.0678. The van der Waals surface area contributed by atoms with E-state index >= 15 is 0 Å². The molecule has 1 aliphatic carbocycles. The summed E-state index contributed by atoms with van der Waals surface area (Å²) in [5.41, 5.74) is 6.27. The van der Waals surface area contributed by atoms with Gasteiger partial charge >= 0.3 is 0 Å². The van der Waals surface area contributed by atoms with Gasteiger partial charge in [-0.05, 0) is 24.8 Å². The van der Waals surface area contributed by atoms with Crippen molar-refractivity contribution >= 4 is 11.7 Å². The molecule has 1 aromatic heterocycles. The Bertz CT molecular complexity index is 428. The maximum Gasteiger partial charge on any atom is 0.173 e. The Kier molecular flexibility index (Phi) is 3.96. The molecule has 0 radical (unpaired) electrons. The Balaban J connectivity index is 2.16. The molecule has 0 amide bonds. The third-order valence-corrected chi connectivity index (χ3v) is 3.45. The van der Waals surface area contributed by atoms with Crippen LogP contribution >= 0.6 is 0 Å². The van der Waals surface area contributed by atoms with Crippen LogP contribution in [0.3, 0.4) is 0 Å². The molecule has 0 aromatic carbocycles. The Morgan fingerprint density at radius 3 is 2.94 bits per heavy atom. The first kappa shape index (κ1) is 12.6. The van der Waals surface area contributed by atoms with Crippen LogP contribution in [-0.4, -0.2) is 34.8 Å².